The zero-order chi connectivity index (χ0) is 34.8. The van der Waals surface area contributed by atoms with Gasteiger partial charge in [-0.25, -0.2) is 33.4 Å². The summed E-state index contributed by atoms with van der Waals surface area (Å²) in [7, 11) is 0. The van der Waals surface area contributed by atoms with E-state index in [1.165, 1.54) is 12.3 Å². The fourth-order valence-corrected chi connectivity index (χ4v) is 3.61. The number of piperazine rings is 1. The van der Waals surface area contributed by atoms with E-state index in [1.54, 1.807) is 0 Å². The van der Waals surface area contributed by atoms with Gasteiger partial charge in [-0.1, -0.05) is 12.1 Å². The van der Waals surface area contributed by atoms with Crippen LogP contribution in [-0.2, 0) is 16.0 Å². The first-order valence-corrected chi connectivity index (χ1v) is 12.6. The number of aliphatic carboxylic acids is 2. The number of H-pyrrole nitrogens is 1. The summed E-state index contributed by atoms with van der Waals surface area (Å²) >= 11 is 0. The molecule has 1 aliphatic rings. The summed E-state index contributed by atoms with van der Waals surface area (Å²) in [6, 6.07) is 8.95. The number of nitrogens with one attached hydrogen (secondary N) is 2. The lowest BCUT2D eigenvalue weighted by Crippen LogP contribution is -2.43. The summed E-state index contributed by atoms with van der Waals surface area (Å²) in [6.45, 7) is 3.27. The van der Waals surface area contributed by atoms with E-state index in [0.717, 1.165) is 42.0 Å². The maximum atomic E-state index is 14.9. The summed E-state index contributed by atoms with van der Waals surface area (Å²) in [5.41, 5.74) is 6.51. The zero-order valence-corrected chi connectivity index (χ0v) is 23.1. The van der Waals surface area contributed by atoms with Crippen LogP contribution >= 0.6 is 0 Å². The van der Waals surface area contributed by atoms with Gasteiger partial charge < -0.3 is 26.2 Å². The Bertz CT molecular complexity index is 1550. The van der Waals surface area contributed by atoms with Gasteiger partial charge in [0.2, 0.25) is 0 Å². The molecule has 0 aliphatic carbocycles. The van der Waals surface area contributed by atoms with E-state index >= 15 is 0 Å². The van der Waals surface area contributed by atoms with Crippen LogP contribution in [0.4, 0.5) is 45.2 Å². The van der Waals surface area contributed by atoms with E-state index < -0.39 is 60.4 Å². The lowest BCUT2D eigenvalue weighted by molar-refractivity contribution is -0.193. The number of aromatic nitrogens is 4. The number of hydrogen-bond donors (Lipinski definition) is 5. The molecule has 0 bridgehead atoms. The van der Waals surface area contributed by atoms with E-state index in [2.05, 4.69) is 25.4 Å². The average molecular weight is 673 g/mol. The van der Waals surface area contributed by atoms with E-state index in [0.29, 0.717) is 5.56 Å². The van der Waals surface area contributed by atoms with E-state index in [1.807, 2.05) is 24.3 Å². The number of aromatic amines is 1. The lowest BCUT2D eigenvalue weighted by atomic mass is 10.1. The van der Waals surface area contributed by atoms with Crippen LogP contribution in [-0.4, -0.2) is 87.0 Å². The third-order valence-corrected chi connectivity index (χ3v) is 5.83. The number of hydrogen-bond acceptors (Lipinski definition) is 8. The second kappa shape index (κ2) is 15.9. The van der Waals surface area contributed by atoms with Crippen LogP contribution in [0.25, 0.3) is 16.9 Å². The van der Waals surface area contributed by atoms with Crippen molar-refractivity contribution in [2.75, 3.05) is 37.6 Å². The minimum Gasteiger partial charge on any atom is -0.475 e. The number of anilines is 1. The maximum Gasteiger partial charge on any atom is 0.490 e. The highest BCUT2D eigenvalue weighted by molar-refractivity contribution is 5.73. The molecule has 3 aromatic rings. The monoisotopic (exact) mass is 673 g/mol. The fraction of sp³-hybridized carbons (Fsp3) is 0.320. The second-order valence-corrected chi connectivity index (χ2v) is 8.94. The molecule has 2 aromatic heterocycles. The third-order valence-electron chi connectivity index (χ3n) is 5.83. The summed E-state index contributed by atoms with van der Waals surface area (Å²) < 4.78 is 105. The number of carboxylic acid groups (broad SMARTS) is 2. The number of carbonyl (C=O) groups is 2. The van der Waals surface area contributed by atoms with Gasteiger partial charge >= 0.3 is 30.0 Å². The van der Waals surface area contributed by atoms with Gasteiger partial charge in [0.15, 0.2) is 11.6 Å². The minimum absolute atomic E-state index is 0.109. The van der Waals surface area contributed by atoms with Crippen LogP contribution < -0.4 is 21.6 Å². The molecular formula is C25H24F9N7O5. The van der Waals surface area contributed by atoms with Crippen LogP contribution in [0, 0.1) is 5.82 Å². The first-order valence-electron chi connectivity index (χ1n) is 12.6. The molecule has 252 valence electrons. The van der Waals surface area contributed by atoms with Crippen molar-refractivity contribution in [1.29, 1.82) is 0 Å². The van der Waals surface area contributed by atoms with Crippen LogP contribution in [0.1, 0.15) is 5.82 Å². The van der Waals surface area contributed by atoms with Crippen molar-refractivity contribution in [2.24, 2.45) is 5.73 Å². The van der Waals surface area contributed by atoms with Gasteiger partial charge in [0, 0.05) is 62.2 Å². The summed E-state index contributed by atoms with van der Waals surface area (Å²) in [4.78, 5) is 36.3. The SMILES string of the molecule is NCC(Cc1n[nH]c(=O)n1-c1ncc(-c2ccc(N3CCNCC3)cc2)cc1F)=C(F)F.O=C(O)C(F)(F)F.O=C(O)C(F)(F)F. The standard InChI is InChI=1S/C21H22F3N7O.2C2HF3O2/c22-17-9-15(13-1-3-16(4-2-13)30-7-5-26-6-8-30)12-27-20(17)31-18(28-29-21(31)32)10-14(11-25)19(23)24;2*3-2(4,5)1(6)7/h1-4,9,12,26H,5-8,10-11,25H2,(H,29,32);2*(H,6,7). The Morgan fingerprint density at radius 3 is 1.89 bits per heavy atom. The van der Waals surface area contributed by atoms with Crippen LogP contribution in [0.2, 0.25) is 0 Å². The first-order chi connectivity index (χ1) is 21.4. The molecule has 3 heterocycles. The van der Waals surface area contributed by atoms with Gasteiger partial charge in [-0.2, -0.15) is 40.2 Å². The molecule has 0 atom stereocenters. The topological polar surface area (TPSA) is 179 Å². The van der Waals surface area contributed by atoms with Crippen molar-refractivity contribution in [2.45, 2.75) is 18.8 Å². The van der Waals surface area contributed by atoms with E-state index in [4.69, 9.17) is 25.5 Å². The number of nitrogens with zero attached hydrogens (tertiary/aromatic N) is 4. The molecule has 0 saturated carbocycles. The fourth-order valence-electron chi connectivity index (χ4n) is 3.61. The van der Waals surface area contributed by atoms with Crippen molar-refractivity contribution >= 4 is 17.6 Å². The van der Waals surface area contributed by atoms with Crippen LogP contribution in [0.3, 0.4) is 0 Å². The molecule has 0 unspecified atom stereocenters. The van der Waals surface area contributed by atoms with Gasteiger partial charge in [0.05, 0.1) is 0 Å². The number of halogens is 9. The quantitative estimate of drug-likeness (QED) is 0.244. The molecule has 1 fully saturated rings. The van der Waals surface area contributed by atoms with E-state index in [9.17, 15) is 44.3 Å². The number of alkyl halides is 6. The molecule has 6 N–H and O–H groups in total. The van der Waals surface area contributed by atoms with Crippen molar-refractivity contribution in [3.8, 4) is 16.9 Å². The molecular weight excluding hydrogens is 649 g/mol. The highest BCUT2D eigenvalue weighted by Crippen LogP contribution is 2.25. The van der Waals surface area contributed by atoms with Gasteiger partial charge in [0.1, 0.15) is 5.82 Å². The molecule has 46 heavy (non-hydrogen) atoms. The first kappa shape index (κ1) is 37.3. The molecule has 4 rings (SSSR count). The Hall–Kier alpha value is -4.92. The number of carboxylic acids is 2. The summed E-state index contributed by atoms with van der Waals surface area (Å²) in [5, 5.41) is 23.4. The largest absolute Gasteiger partial charge is 0.490 e. The Labute approximate surface area is 252 Å². The predicted molar refractivity (Wildman–Crippen MR) is 142 cm³/mol. The smallest absolute Gasteiger partial charge is 0.475 e. The summed E-state index contributed by atoms with van der Waals surface area (Å²) in [6.07, 6.45) is -11.1. The molecule has 0 radical (unpaired) electrons. The lowest BCUT2D eigenvalue weighted by Gasteiger charge is -2.29. The summed E-state index contributed by atoms with van der Waals surface area (Å²) in [5.74, 6) is -6.73. The number of pyridine rings is 1. The molecule has 21 heteroatoms. The Morgan fingerprint density at radius 2 is 1.46 bits per heavy atom. The van der Waals surface area contributed by atoms with Crippen molar-refractivity contribution < 1.29 is 59.3 Å². The maximum absolute atomic E-state index is 14.9. The molecule has 1 saturated heterocycles. The van der Waals surface area contributed by atoms with Crippen LogP contribution in [0.15, 0.2) is 53.0 Å². The van der Waals surface area contributed by atoms with Crippen molar-refractivity contribution in [3.05, 3.63) is 70.3 Å². The second-order valence-electron chi connectivity index (χ2n) is 8.94. The highest BCUT2D eigenvalue weighted by Gasteiger charge is 2.38. The van der Waals surface area contributed by atoms with Crippen LogP contribution in [0.5, 0.6) is 0 Å². The molecule has 0 amide bonds. The highest BCUT2D eigenvalue weighted by atomic mass is 19.4. The number of benzene rings is 1. The predicted octanol–water partition coefficient (Wildman–Crippen LogP) is 3.09. The average Bonchev–Trinajstić information content (AvgIpc) is 3.35. The van der Waals surface area contributed by atoms with Gasteiger partial charge in [-0.05, 0) is 23.8 Å². The van der Waals surface area contributed by atoms with Gasteiger partial charge in [-0.15, -0.1) is 0 Å². The molecule has 12 nitrogen and oxygen atoms in total. The molecule has 1 aliphatic heterocycles. The van der Waals surface area contributed by atoms with Crippen molar-refractivity contribution in [1.82, 2.24) is 25.1 Å². The number of nitrogens with two attached hydrogens (primary N) is 1. The third kappa shape index (κ3) is 10.6. The Balaban J connectivity index is 0.000000440. The van der Waals surface area contributed by atoms with E-state index in [-0.39, 0.29) is 11.6 Å². The Kier molecular flexibility index (Phi) is 12.9. The molecule has 1 aromatic carbocycles. The van der Waals surface area contributed by atoms with Crippen molar-refractivity contribution in [3.63, 3.8) is 0 Å². The number of rotatable bonds is 6. The normalized spacial score (nSPS) is 13.1. The van der Waals surface area contributed by atoms with Gasteiger partial charge in [-0.3, -0.25) is 0 Å². The van der Waals surface area contributed by atoms with Gasteiger partial charge in [0.25, 0.3) is 6.08 Å². The minimum atomic E-state index is -5.08. The molecule has 0 spiro atoms. The Morgan fingerprint density at radius 1 is 0.935 bits per heavy atom. The zero-order valence-electron chi connectivity index (χ0n) is 23.1.